The first kappa shape index (κ1) is 21.4. The van der Waals surface area contributed by atoms with Crippen LogP contribution in [0.2, 0.25) is 0 Å². The van der Waals surface area contributed by atoms with E-state index in [1.54, 1.807) is 24.3 Å². The summed E-state index contributed by atoms with van der Waals surface area (Å²) in [6.45, 7) is 4.02. The summed E-state index contributed by atoms with van der Waals surface area (Å²) >= 11 is 0. The Kier molecular flexibility index (Phi) is 5.98. The highest BCUT2D eigenvalue weighted by molar-refractivity contribution is 7.89. The van der Waals surface area contributed by atoms with Crippen molar-refractivity contribution in [1.29, 1.82) is 0 Å². The molecule has 5 atom stereocenters. The van der Waals surface area contributed by atoms with Crippen LogP contribution in [0.5, 0.6) is 0 Å². The first-order chi connectivity index (χ1) is 14.3. The van der Waals surface area contributed by atoms with Gasteiger partial charge in [-0.2, -0.15) is 0 Å². The average Bonchev–Trinajstić information content (AvgIpc) is 2.74. The molecule has 7 nitrogen and oxygen atoms in total. The molecule has 5 unspecified atom stereocenters. The Hall–Kier alpha value is -1.81. The predicted molar refractivity (Wildman–Crippen MR) is 110 cm³/mol. The number of methoxy groups -OCH3 is 1. The van der Waals surface area contributed by atoms with Gasteiger partial charge in [-0.05, 0) is 26.0 Å². The fraction of sp³-hybridized carbons (Fsp3) is 0.455. The highest BCUT2D eigenvalue weighted by Crippen LogP contribution is 2.39. The number of rotatable bonds is 5. The summed E-state index contributed by atoms with van der Waals surface area (Å²) < 4.78 is 52.7. The zero-order valence-corrected chi connectivity index (χ0v) is 18.1. The number of aryl methyl sites for hydroxylation is 1. The van der Waals surface area contributed by atoms with E-state index in [0.717, 1.165) is 11.1 Å². The highest BCUT2D eigenvalue weighted by Gasteiger charge is 2.53. The highest BCUT2D eigenvalue weighted by atomic mass is 32.2. The molecular weight excluding hydrogens is 406 g/mol. The first-order valence-electron chi connectivity index (χ1n) is 9.92. The lowest BCUT2D eigenvalue weighted by Crippen LogP contribution is -2.67. The van der Waals surface area contributed by atoms with Gasteiger partial charge >= 0.3 is 0 Å². The molecule has 2 fully saturated rings. The maximum Gasteiger partial charge on any atom is 0.241 e. The zero-order chi connectivity index (χ0) is 21.4. The molecule has 8 heteroatoms. The molecule has 0 saturated carbocycles. The van der Waals surface area contributed by atoms with Crippen LogP contribution in [0.1, 0.15) is 30.8 Å². The minimum Gasteiger partial charge on any atom is -0.356 e. The SMILES string of the molecule is COC1CC(C)(NS(=O)(=O)c2ccc(C)cc2)C2OC(c3ccccc3)OCC2O1. The van der Waals surface area contributed by atoms with E-state index in [2.05, 4.69) is 4.72 Å². The van der Waals surface area contributed by atoms with Crippen LogP contribution >= 0.6 is 0 Å². The second-order valence-electron chi connectivity index (χ2n) is 8.01. The summed E-state index contributed by atoms with van der Waals surface area (Å²) in [4.78, 5) is 0.206. The number of ether oxygens (including phenoxy) is 4. The Morgan fingerprint density at radius 1 is 1.07 bits per heavy atom. The summed E-state index contributed by atoms with van der Waals surface area (Å²) in [7, 11) is -2.24. The molecule has 0 aromatic heterocycles. The zero-order valence-electron chi connectivity index (χ0n) is 17.3. The van der Waals surface area contributed by atoms with Crippen molar-refractivity contribution in [2.75, 3.05) is 13.7 Å². The Bertz CT molecular complexity index is 965. The van der Waals surface area contributed by atoms with Crippen LogP contribution in [0.25, 0.3) is 0 Å². The van der Waals surface area contributed by atoms with Crippen molar-refractivity contribution in [2.45, 2.75) is 55.5 Å². The van der Waals surface area contributed by atoms with Gasteiger partial charge in [0.15, 0.2) is 12.6 Å². The van der Waals surface area contributed by atoms with Crippen LogP contribution in [0.15, 0.2) is 59.5 Å². The molecule has 4 rings (SSSR count). The molecule has 162 valence electrons. The van der Waals surface area contributed by atoms with E-state index in [1.807, 2.05) is 44.2 Å². The number of benzene rings is 2. The van der Waals surface area contributed by atoms with Gasteiger partial charge in [-0.15, -0.1) is 0 Å². The van der Waals surface area contributed by atoms with Crippen molar-refractivity contribution in [3.63, 3.8) is 0 Å². The largest absolute Gasteiger partial charge is 0.356 e. The van der Waals surface area contributed by atoms with E-state index in [4.69, 9.17) is 18.9 Å². The Morgan fingerprint density at radius 2 is 1.77 bits per heavy atom. The van der Waals surface area contributed by atoms with Crippen molar-refractivity contribution in [1.82, 2.24) is 4.72 Å². The van der Waals surface area contributed by atoms with Crippen LogP contribution in [0.3, 0.4) is 0 Å². The van der Waals surface area contributed by atoms with Gasteiger partial charge in [0, 0.05) is 19.1 Å². The van der Waals surface area contributed by atoms with Crippen molar-refractivity contribution in [3.05, 3.63) is 65.7 Å². The van der Waals surface area contributed by atoms with Gasteiger partial charge in [-0.25, -0.2) is 13.1 Å². The summed E-state index contributed by atoms with van der Waals surface area (Å²) in [5.74, 6) is 0. The fourth-order valence-corrected chi connectivity index (χ4v) is 5.44. The molecule has 2 aliphatic rings. The number of hydrogen-bond acceptors (Lipinski definition) is 6. The van der Waals surface area contributed by atoms with Crippen molar-refractivity contribution in [2.24, 2.45) is 0 Å². The lowest BCUT2D eigenvalue weighted by atomic mass is 9.85. The van der Waals surface area contributed by atoms with Crippen molar-refractivity contribution < 1.29 is 27.4 Å². The van der Waals surface area contributed by atoms with Gasteiger partial charge in [-0.3, -0.25) is 0 Å². The van der Waals surface area contributed by atoms with Crippen LogP contribution in [0, 0.1) is 6.92 Å². The van der Waals surface area contributed by atoms with Gasteiger partial charge in [0.2, 0.25) is 10.0 Å². The van der Waals surface area contributed by atoms with Crippen LogP contribution < -0.4 is 4.72 Å². The molecule has 0 amide bonds. The van der Waals surface area contributed by atoms with Crippen molar-refractivity contribution in [3.8, 4) is 0 Å². The van der Waals surface area contributed by atoms with Crippen LogP contribution in [-0.4, -0.2) is 46.2 Å². The maximum absolute atomic E-state index is 13.2. The van der Waals surface area contributed by atoms with Gasteiger partial charge in [0.05, 0.1) is 17.0 Å². The van der Waals surface area contributed by atoms with E-state index < -0.39 is 40.4 Å². The molecule has 0 spiro atoms. The van der Waals surface area contributed by atoms with E-state index in [0.29, 0.717) is 6.42 Å². The third-order valence-corrected chi connectivity index (χ3v) is 7.23. The molecule has 1 N–H and O–H groups in total. The second-order valence-corrected chi connectivity index (χ2v) is 9.69. The molecule has 2 saturated heterocycles. The van der Waals surface area contributed by atoms with E-state index in [-0.39, 0.29) is 11.5 Å². The fourth-order valence-electron chi connectivity index (χ4n) is 4.01. The van der Waals surface area contributed by atoms with Crippen molar-refractivity contribution >= 4 is 10.0 Å². The van der Waals surface area contributed by atoms with Gasteiger partial charge in [-0.1, -0.05) is 48.0 Å². The number of nitrogens with one attached hydrogen (secondary N) is 1. The summed E-state index contributed by atoms with van der Waals surface area (Å²) in [6.07, 6.45) is -1.88. The summed E-state index contributed by atoms with van der Waals surface area (Å²) in [6, 6.07) is 16.3. The molecule has 0 bridgehead atoms. The molecule has 2 heterocycles. The first-order valence-corrected chi connectivity index (χ1v) is 11.4. The number of hydrogen-bond donors (Lipinski definition) is 1. The van der Waals surface area contributed by atoms with Gasteiger partial charge < -0.3 is 18.9 Å². The lowest BCUT2D eigenvalue weighted by molar-refractivity contribution is -0.330. The average molecular weight is 434 g/mol. The Balaban J connectivity index is 1.63. The van der Waals surface area contributed by atoms with Gasteiger partial charge in [0.1, 0.15) is 12.2 Å². The third-order valence-electron chi connectivity index (χ3n) is 5.60. The second kappa shape index (κ2) is 8.37. The third kappa shape index (κ3) is 4.30. The van der Waals surface area contributed by atoms with Crippen LogP contribution in [-0.2, 0) is 29.0 Å². The minimum atomic E-state index is -3.78. The molecular formula is C22H27NO6S. The number of sulfonamides is 1. The Labute approximate surface area is 177 Å². The molecule has 2 aromatic rings. The normalized spacial score (nSPS) is 31.8. The molecule has 0 radical (unpaired) electrons. The quantitative estimate of drug-likeness (QED) is 0.781. The molecule has 0 aliphatic carbocycles. The maximum atomic E-state index is 13.2. The summed E-state index contributed by atoms with van der Waals surface area (Å²) in [5.41, 5.74) is 0.905. The lowest BCUT2D eigenvalue weighted by Gasteiger charge is -2.51. The van der Waals surface area contributed by atoms with E-state index in [1.165, 1.54) is 7.11 Å². The Morgan fingerprint density at radius 3 is 2.43 bits per heavy atom. The topological polar surface area (TPSA) is 83.1 Å². The van der Waals surface area contributed by atoms with Crippen LogP contribution in [0.4, 0.5) is 0 Å². The molecule has 30 heavy (non-hydrogen) atoms. The molecule has 2 aromatic carbocycles. The summed E-state index contributed by atoms with van der Waals surface area (Å²) in [5, 5.41) is 0. The predicted octanol–water partition coefficient (Wildman–Crippen LogP) is 2.91. The standard InChI is InChI=1S/C22H27NO6S/c1-15-9-11-17(12-10-15)30(24,25)23-22(2)13-19(26-3)28-18-14-27-21(29-20(18)22)16-7-5-4-6-8-16/h4-12,18-21,23H,13-14H2,1-3H3. The van der Waals surface area contributed by atoms with Gasteiger partial charge in [0.25, 0.3) is 0 Å². The smallest absolute Gasteiger partial charge is 0.241 e. The van der Waals surface area contributed by atoms with E-state index in [9.17, 15) is 8.42 Å². The monoisotopic (exact) mass is 433 g/mol. The number of fused-ring (bicyclic) bond motifs is 1. The van der Waals surface area contributed by atoms with E-state index >= 15 is 0 Å². The minimum absolute atomic E-state index is 0.206. The molecule has 2 aliphatic heterocycles.